The van der Waals surface area contributed by atoms with Crippen molar-refractivity contribution < 1.29 is 26.3 Å². The predicted molar refractivity (Wildman–Crippen MR) is 72.4 cm³/mol. The Morgan fingerprint density at radius 2 is 0.955 bits per heavy atom. The molecule has 0 saturated heterocycles. The van der Waals surface area contributed by atoms with Crippen molar-refractivity contribution in [3.8, 4) is 0 Å². The van der Waals surface area contributed by atoms with Crippen LogP contribution in [0.1, 0.15) is 22.3 Å². The number of alkyl halides is 6. The van der Waals surface area contributed by atoms with Crippen LogP contribution < -0.4 is 0 Å². The Morgan fingerprint density at radius 3 is 1.23 bits per heavy atom. The third-order valence-corrected chi connectivity index (χ3v) is 2.69. The Bertz CT molecular complexity index is 564. The Balaban J connectivity index is 0.000000255. The van der Waals surface area contributed by atoms with Gasteiger partial charge in [0.25, 0.3) is 0 Å². The van der Waals surface area contributed by atoms with Crippen LogP contribution in [0.15, 0.2) is 48.5 Å². The molecule has 120 valence electrons. The summed E-state index contributed by atoms with van der Waals surface area (Å²) in [5.41, 5.74) is 0.0784. The fraction of sp³-hybridized carbons (Fsp3) is 0.250. The number of hydrogen-bond acceptors (Lipinski definition) is 0. The second-order valence-corrected chi connectivity index (χ2v) is 4.73. The highest BCUT2D eigenvalue weighted by Gasteiger charge is 2.35. The highest BCUT2D eigenvalue weighted by Crippen LogP contribution is 2.34. The molecule has 2 rings (SSSR count). The molecule has 0 aliphatic carbocycles. The minimum Gasteiger partial charge on any atom is -0.166 e. The summed E-state index contributed by atoms with van der Waals surface area (Å²) in [4.78, 5) is 0. The van der Waals surface area contributed by atoms with Crippen molar-refractivity contribution in [1.29, 1.82) is 0 Å². The van der Waals surface area contributed by atoms with E-state index < -0.39 is 23.5 Å². The van der Waals surface area contributed by atoms with Gasteiger partial charge in [0.15, 0.2) is 0 Å². The summed E-state index contributed by atoms with van der Waals surface area (Å²) in [7, 11) is 0. The van der Waals surface area contributed by atoms with Gasteiger partial charge in [0, 0.05) is 0 Å². The number of rotatable bonds is 0. The Kier molecular flexibility index (Phi) is 5.63. The van der Waals surface area contributed by atoms with E-state index in [-0.39, 0.29) is 6.07 Å². The standard InChI is InChI=1S/C8H4F6.C8H10/c9-7(10,11)5-2-1-3-6(4-5)8(12,13)14;1-7-4-3-5-8(2)6-7/h1-4H;3-6H,1-2H3. The van der Waals surface area contributed by atoms with Crippen LogP contribution in [-0.2, 0) is 12.4 Å². The van der Waals surface area contributed by atoms with E-state index in [2.05, 4.69) is 38.1 Å². The van der Waals surface area contributed by atoms with Crippen molar-refractivity contribution >= 4 is 0 Å². The molecule has 6 heteroatoms. The molecule has 2 aromatic rings. The normalized spacial score (nSPS) is 11.6. The zero-order valence-electron chi connectivity index (χ0n) is 11.9. The van der Waals surface area contributed by atoms with Crippen molar-refractivity contribution in [2.24, 2.45) is 0 Å². The van der Waals surface area contributed by atoms with Gasteiger partial charge in [0.2, 0.25) is 0 Å². The smallest absolute Gasteiger partial charge is 0.166 e. The van der Waals surface area contributed by atoms with Gasteiger partial charge in [-0.1, -0.05) is 41.5 Å². The lowest BCUT2D eigenvalue weighted by Gasteiger charge is -2.10. The summed E-state index contributed by atoms with van der Waals surface area (Å²) in [5.74, 6) is 0. The average Bonchev–Trinajstić information content (AvgIpc) is 2.37. The van der Waals surface area contributed by atoms with E-state index in [0.717, 1.165) is 6.07 Å². The van der Waals surface area contributed by atoms with Crippen molar-refractivity contribution in [3.05, 3.63) is 70.8 Å². The SMILES string of the molecule is Cc1cccc(C)c1.FC(F)(F)c1cccc(C(F)(F)F)c1. The fourth-order valence-electron chi connectivity index (χ4n) is 1.68. The molecule has 2 aromatic carbocycles. The highest BCUT2D eigenvalue weighted by molar-refractivity contribution is 5.27. The maximum atomic E-state index is 12.0. The summed E-state index contributed by atoms with van der Waals surface area (Å²) < 4.78 is 71.9. The molecule has 0 radical (unpaired) electrons. The molecule has 0 bridgehead atoms. The first-order valence-corrected chi connectivity index (χ1v) is 6.28. The number of benzene rings is 2. The van der Waals surface area contributed by atoms with Gasteiger partial charge in [0.1, 0.15) is 0 Å². The van der Waals surface area contributed by atoms with E-state index in [1.54, 1.807) is 0 Å². The molecule has 22 heavy (non-hydrogen) atoms. The third kappa shape index (κ3) is 5.79. The van der Waals surface area contributed by atoms with Crippen LogP contribution in [0.4, 0.5) is 26.3 Å². The number of aryl methyl sites for hydroxylation is 2. The second kappa shape index (κ2) is 6.85. The monoisotopic (exact) mass is 320 g/mol. The predicted octanol–water partition coefficient (Wildman–Crippen LogP) is 6.03. The molecule has 0 heterocycles. The zero-order chi connectivity index (χ0) is 17.0. The lowest BCUT2D eigenvalue weighted by atomic mass is 10.1. The zero-order valence-corrected chi connectivity index (χ0v) is 11.9. The quantitative estimate of drug-likeness (QED) is 0.520. The first-order chi connectivity index (χ1) is 10.00. The van der Waals surface area contributed by atoms with Crippen LogP contribution in [0, 0.1) is 13.8 Å². The minimum absolute atomic E-state index is 0.0833. The minimum atomic E-state index is -4.75. The first kappa shape index (κ1) is 18.1. The van der Waals surface area contributed by atoms with Crippen molar-refractivity contribution in [2.45, 2.75) is 26.2 Å². The molecule has 0 amide bonds. The van der Waals surface area contributed by atoms with Crippen molar-refractivity contribution in [1.82, 2.24) is 0 Å². The fourth-order valence-corrected chi connectivity index (χ4v) is 1.68. The van der Waals surface area contributed by atoms with E-state index >= 15 is 0 Å². The van der Waals surface area contributed by atoms with E-state index in [1.807, 2.05) is 0 Å². The average molecular weight is 320 g/mol. The molecule has 0 spiro atoms. The van der Waals surface area contributed by atoms with Gasteiger partial charge in [-0.15, -0.1) is 0 Å². The topological polar surface area (TPSA) is 0 Å². The number of halogens is 6. The van der Waals surface area contributed by atoms with Crippen LogP contribution in [-0.4, -0.2) is 0 Å². The van der Waals surface area contributed by atoms with Crippen molar-refractivity contribution in [2.75, 3.05) is 0 Å². The van der Waals surface area contributed by atoms with Gasteiger partial charge in [-0.3, -0.25) is 0 Å². The maximum Gasteiger partial charge on any atom is 0.416 e. The lowest BCUT2D eigenvalue weighted by molar-refractivity contribution is -0.143. The van der Waals surface area contributed by atoms with Gasteiger partial charge in [0.05, 0.1) is 11.1 Å². The molecule has 0 atom stereocenters. The molecule has 0 saturated carbocycles. The highest BCUT2D eigenvalue weighted by atomic mass is 19.4. The van der Waals surface area contributed by atoms with Crippen LogP contribution >= 0.6 is 0 Å². The molecular formula is C16H14F6. The van der Waals surface area contributed by atoms with E-state index in [4.69, 9.17) is 0 Å². The molecule has 0 N–H and O–H groups in total. The molecule has 0 aliphatic heterocycles. The molecule has 0 fully saturated rings. The van der Waals surface area contributed by atoms with Gasteiger partial charge < -0.3 is 0 Å². The summed E-state index contributed by atoms with van der Waals surface area (Å²) >= 11 is 0. The Morgan fingerprint density at radius 1 is 0.591 bits per heavy atom. The first-order valence-electron chi connectivity index (χ1n) is 6.28. The lowest BCUT2D eigenvalue weighted by Crippen LogP contribution is -2.09. The van der Waals surface area contributed by atoms with Gasteiger partial charge in [-0.2, -0.15) is 26.3 Å². The molecule has 0 aromatic heterocycles. The van der Waals surface area contributed by atoms with Crippen LogP contribution in [0.25, 0.3) is 0 Å². The van der Waals surface area contributed by atoms with E-state index in [1.165, 1.54) is 11.1 Å². The summed E-state index contributed by atoms with van der Waals surface area (Å²) in [6.07, 6.45) is -9.50. The van der Waals surface area contributed by atoms with E-state index in [9.17, 15) is 26.3 Å². The van der Waals surface area contributed by atoms with Crippen LogP contribution in [0.5, 0.6) is 0 Å². The van der Waals surface area contributed by atoms with Crippen LogP contribution in [0.3, 0.4) is 0 Å². The summed E-state index contributed by atoms with van der Waals surface area (Å²) in [6, 6.07) is 10.4. The van der Waals surface area contributed by atoms with E-state index in [0.29, 0.717) is 12.1 Å². The second-order valence-electron chi connectivity index (χ2n) is 4.73. The molecule has 0 unspecified atom stereocenters. The Hall–Kier alpha value is -1.98. The Labute approximate surface area is 124 Å². The molecule has 0 nitrogen and oxygen atoms in total. The van der Waals surface area contributed by atoms with Crippen LogP contribution in [0.2, 0.25) is 0 Å². The summed E-state index contributed by atoms with van der Waals surface area (Å²) in [6.45, 7) is 4.21. The maximum absolute atomic E-state index is 12.0. The molecular weight excluding hydrogens is 306 g/mol. The summed E-state index contributed by atoms with van der Waals surface area (Å²) in [5, 5.41) is 0. The van der Waals surface area contributed by atoms with Gasteiger partial charge >= 0.3 is 12.4 Å². The largest absolute Gasteiger partial charge is 0.416 e. The van der Waals surface area contributed by atoms with Gasteiger partial charge in [-0.05, 0) is 32.0 Å². The number of hydrogen-bond donors (Lipinski definition) is 0. The third-order valence-electron chi connectivity index (χ3n) is 2.69. The molecule has 0 aliphatic rings. The van der Waals surface area contributed by atoms with Crippen molar-refractivity contribution in [3.63, 3.8) is 0 Å². The van der Waals surface area contributed by atoms with Gasteiger partial charge in [-0.25, -0.2) is 0 Å².